The maximum Gasteiger partial charge on any atom is 0.158 e. The fourth-order valence-electron chi connectivity index (χ4n) is 2.25. The van der Waals surface area contributed by atoms with E-state index < -0.39 is 0 Å². The van der Waals surface area contributed by atoms with Crippen LogP contribution in [0.1, 0.15) is 39.0 Å². The van der Waals surface area contributed by atoms with Gasteiger partial charge in [0.05, 0.1) is 5.60 Å². The molecule has 2 rings (SSSR count). The predicted molar refractivity (Wildman–Crippen MR) is 55.2 cm³/mol. The Hall–Kier alpha value is -0.120. The molecule has 3 heteroatoms. The fourth-order valence-corrected chi connectivity index (χ4v) is 2.25. The third-order valence-electron chi connectivity index (χ3n) is 3.11. The molecule has 2 heterocycles. The SMILES string of the molecule is C[C@@]1(OC2CCCCO2)CCCNC1. The van der Waals surface area contributed by atoms with Gasteiger partial charge in [-0.2, -0.15) is 0 Å². The van der Waals surface area contributed by atoms with Crippen molar-refractivity contribution in [3.05, 3.63) is 0 Å². The van der Waals surface area contributed by atoms with Crippen molar-refractivity contribution in [1.29, 1.82) is 0 Å². The molecule has 2 saturated heterocycles. The smallest absolute Gasteiger partial charge is 0.158 e. The van der Waals surface area contributed by atoms with E-state index in [9.17, 15) is 0 Å². The highest BCUT2D eigenvalue weighted by atomic mass is 16.7. The molecule has 0 saturated carbocycles. The minimum atomic E-state index is 0.000255. The second-order valence-electron chi connectivity index (χ2n) is 4.64. The van der Waals surface area contributed by atoms with E-state index >= 15 is 0 Å². The van der Waals surface area contributed by atoms with Crippen molar-refractivity contribution in [1.82, 2.24) is 5.32 Å². The van der Waals surface area contributed by atoms with Gasteiger partial charge >= 0.3 is 0 Å². The number of rotatable bonds is 2. The predicted octanol–water partition coefficient (Wildman–Crippen LogP) is 1.67. The molecule has 1 unspecified atom stereocenters. The Morgan fingerprint density at radius 3 is 2.93 bits per heavy atom. The summed E-state index contributed by atoms with van der Waals surface area (Å²) in [5, 5.41) is 3.38. The van der Waals surface area contributed by atoms with Crippen molar-refractivity contribution >= 4 is 0 Å². The van der Waals surface area contributed by atoms with Crippen LogP contribution in [0.4, 0.5) is 0 Å². The molecule has 2 fully saturated rings. The molecule has 0 spiro atoms. The molecule has 0 aliphatic carbocycles. The van der Waals surface area contributed by atoms with Crippen LogP contribution in [-0.2, 0) is 9.47 Å². The zero-order chi connectivity index (χ0) is 9.86. The molecule has 3 nitrogen and oxygen atoms in total. The Kier molecular flexibility index (Phi) is 3.42. The van der Waals surface area contributed by atoms with Gasteiger partial charge in [0.2, 0.25) is 0 Å². The Balaban J connectivity index is 1.81. The molecule has 2 aliphatic heterocycles. The van der Waals surface area contributed by atoms with E-state index in [-0.39, 0.29) is 11.9 Å². The third kappa shape index (κ3) is 2.69. The number of ether oxygens (including phenoxy) is 2. The Bertz CT molecular complexity index is 172. The van der Waals surface area contributed by atoms with Crippen molar-refractivity contribution < 1.29 is 9.47 Å². The first-order valence-corrected chi connectivity index (χ1v) is 5.79. The Labute approximate surface area is 86.2 Å². The van der Waals surface area contributed by atoms with Crippen LogP contribution >= 0.6 is 0 Å². The fraction of sp³-hybridized carbons (Fsp3) is 1.00. The highest BCUT2D eigenvalue weighted by molar-refractivity contribution is 4.83. The first kappa shape index (κ1) is 10.4. The van der Waals surface area contributed by atoms with E-state index in [1.165, 1.54) is 19.3 Å². The van der Waals surface area contributed by atoms with Crippen molar-refractivity contribution in [2.45, 2.75) is 50.9 Å². The van der Waals surface area contributed by atoms with E-state index in [4.69, 9.17) is 9.47 Å². The molecule has 0 aromatic carbocycles. The van der Waals surface area contributed by atoms with Crippen LogP contribution in [-0.4, -0.2) is 31.6 Å². The van der Waals surface area contributed by atoms with Crippen molar-refractivity contribution in [2.75, 3.05) is 19.7 Å². The van der Waals surface area contributed by atoms with Crippen LogP contribution in [0.25, 0.3) is 0 Å². The maximum atomic E-state index is 6.04. The topological polar surface area (TPSA) is 30.5 Å². The quantitative estimate of drug-likeness (QED) is 0.734. The molecule has 0 bridgehead atoms. The minimum absolute atomic E-state index is 0.000255. The largest absolute Gasteiger partial charge is 0.353 e. The van der Waals surface area contributed by atoms with Gasteiger partial charge in [-0.1, -0.05) is 0 Å². The molecule has 2 aliphatic rings. The lowest BCUT2D eigenvalue weighted by molar-refractivity contribution is -0.223. The summed E-state index contributed by atoms with van der Waals surface area (Å²) >= 11 is 0. The van der Waals surface area contributed by atoms with Crippen LogP contribution in [0.5, 0.6) is 0 Å². The van der Waals surface area contributed by atoms with Crippen LogP contribution in [0.15, 0.2) is 0 Å². The Morgan fingerprint density at radius 1 is 1.36 bits per heavy atom. The van der Waals surface area contributed by atoms with E-state index in [0.717, 1.165) is 32.5 Å². The number of piperidine rings is 1. The van der Waals surface area contributed by atoms with Crippen LogP contribution < -0.4 is 5.32 Å². The van der Waals surface area contributed by atoms with Gasteiger partial charge in [0.15, 0.2) is 6.29 Å². The zero-order valence-electron chi connectivity index (χ0n) is 9.05. The second-order valence-corrected chi connectivity index (χ2v) is 4.64. The Morgan fingerprint density at radius 2 is 2.29 bits per heavy atom. The lowest BCUT2D eigenvalue weighted by Crippen LogP contribution is -2.48. The molecule has 0 radical (unpaired) electrons. The lowest BCUT2D eigenvalue weighted by atomic mass is 9.96. The molecule has 2 atom stereocenters. The number of hydrogen-bond acceptors (Lipinski definition) is 3. The average Bonchev–Trinajstić information content (AvgIpc) is 2.19. The summed E-state index contributed by atoms with van der Waals surface area (Å²) in [6, 6.07) is 0. The summed E-state index contributed by atoms with van der Waals surface area (Å²) in [7, 11) is 0. The van der Waals surface area contributed by atoms with Crippen LogP contribution in [0, 0.1) is 0 Å². The monoisotopic (exact) mass is 199 g/mol. The van der Waals surface area contributed by atoms with Gasteiger partial charge in [0.1, 0.15) is 0 Å². The molecular weight excluding hydrogens is 178 g/mol. The van der Waals surface area contributed by atoms with E-state index in [1.807, 2.05) is 0 Å². The summed E-state index contributed by atoms with van der Waals surface area (Å²) in [5.41, 5.74) is 0.000255. The first-order chi connectivity index (χ1) is 6.79. The standard InChI is InChI=1S/C11H21NO2/c1-11(6-4-7-12-9-11)14-10-5-2-3-8-13-10/h10,12H,2-9H2,1H3/t10?,11-/m1/s1. The van der Waals surface area contributed by atoms with Crippen molar-refractivity contribution in [3.63, 3.8) is 0 Å². The second kappa shape index (κ2) is 4.60. The van der Waals surface area contributed by atoms with Gasteiger partial charge in [0.25, 0.3) is 0 Å². The highest BCUT2D eigenvalue weighted by Gasteiger charge is 2.31. The molecule has 0 amide bonds. The third-order valence-corrected chi connectivity index (χ3v) is 3.11. The lowest BCUT2D eigenvalue weighted by Gasteiger charge is -2.38. The minimum Gasteiger partial charge on any atom is -0.353 e. The molecular formula is C11H21NO2. The number of hydrogen-bond donors (Lipinski definition) is 1. The van der Waals surface area contributed by atoms with Gasteiger partial charge in [-0.15, -0.1) is 0 Å². The van der Waals surface area contributed by atoms with E-state index in [0.29, 0.717) is 0 Å². The molecule has 1 N–H and O–H groups in total. The summed E-state index contributed by atoms with van der Waals surface area (Å²) in [6.07, 6.45) is 5.91. The van der Waals surface area contributed by atoms with Crippen molar-refractivity contribution in [2.24, 2.45) is 0 Å². The van der Waals surface area contributed by atoms with Gasteiger partial charge in [0, 0.05) is 13.2 Å². The summed E-state index contributed by atoms with van der Waals surface area (Å²) in [6.45, 7) is 5.16. The van der Waals surface area contributed by atoms with E-state index in [1.54, 1.807) is 0 Å². The van der Waals surface area contributed by atoms with E-state index in [2.05, 4.69) is 12.2 Å². The van der Waals surface area contributed by atoms with Gasteiger partial charge in [-0.3, -0.25) is 0 Å². The van der Waals surface area contributed by atoms with Crippen molar-refractivity contribution in [3.8, 4) is 0 Å². The highest BCUT2D eigenvalue weighted by Crippen LogP contribution is 2.25. The van der Waals surface area contributed by atoms with Crippen LogP contribution in [0.2, 0.25) is 0 Å². The summed E-state index contributed by atoms with van der Waals surface area (Å²) in [4.78, 5) is 0. The number of nitrogens with one attached hydrogen (secondary N) is 1. The van der Waals surface area contributed by atoms with Gasteiger partial charge < -0.3 is 14.8 Å². The molecule has 82 valence electrons. The average molecular weight is 199 g/mol. The zero-order valence-corrected chi connectivity index (χ0v) is 9.05. The normalized spacial score (nSPS) is 39.6. The molecule has 0 aromatic heterocycles. The first-order valence-electron chi connectivity index (χ1n) is 5.79. The summed E-state index contributed by atoms with van der Waals surface area (Å²) < 4.78 is 11.6. The van der Waals surface area contributed by atoms with Gasteiger partial charge in [-0.05, 0) is 45.6 Å². The van der Waals surface area contributed by atoms with Crippen LogP contribution in [0.3, 0.4) is 0 Å². The molecule has 14 heavy (non-hydrogen) atoms. The molecule has 0 aromatic rings. The van der Waals surface area contributed by atoms with Gasteiger partial charge in [-0.25, -0.2) is 0 Å². The maximum absolute atomic E-state index is 6.04. The summed E-state index contributed by atoms with van der Waals surface area (Å²) in [5.74, 6) is 0.